The number of aliphatic hydroxyl groups excluding tert-OH is 1. The molecule has 2 heterocycles. The molecule has 3 rings (SSSR count). The van der Waals surface area contributed by atoms with Crippen LogP contribution in [0.1, 0.15) is 11.5 Å². The Kier molecular flexibility index (Phi) is 2.89. The van der Waals surface area contributed by atoms with Gasteiger partial charge in [-0.2, -0.15) is 0 Å². The number of oxazole rings is 1. The maximum Gasteiger partial charge on any atom is 0.236 e. The van der Waals surface area contributed by atoms with Gasteiger partial charge in [0.25, 0.3) is 0 Å². The van der Waals surface area contributed by atoms with Crippen LogP contribution in [0.25, 0.3) is 20.9 Å². The lowest BCUT2D eigenvalue weighted by Crippen LogP contribution is -1.92. The third kappa shape index (κ3) is 1.94. The van der Waals surface area contributed by atoms with Crippen LogP contribution in [-0.4, -0.2) is 16.7 Å². The summed E-state index contributed by atoms with van der Waals surface area (Å²) in [5, 5.41) is 10.2. The fourth-order valence-electron chi connectivity index (χ4n) is 1.96. The Morgan fingerprint density at radius 2 is 2.17 bits per heavy atom. The molecule has 4 heteroatoms. The third-order valence-corrected chi connectivity index (χ3v) is 3.98. The van der Waals surface area contributed by atoms with Crippen LogP contribution < -0.4 is 0 Å². The number of hydrogen-bond donors (Lipinski definition) is 1. The van der Waals surface area contributed by atoms with Crippen LogP contribution >= 0.6 is 11.3 Å². The minimum atomic E-state index is 0.0965. The van der Waals surface area contributed by atoms with E-state index >= 15 is 0 Å². The van der Waals surface area contributed by atoms with Crippen LogP contribution in [0.4, 0.5) is 0 Å². The second-order valence-electron chi connectivity index (χ2n) is 4.14. The highest BCUT2D eigenvalue weighted by atomic mass is 32.1. The van der Waals surface area contributed by atoms with Gasteiger partial charge in [0.2, 0.25) is 5.89 Å². The summed E-state index contributed by atoms with van der Waals surface area (Å²) in [6.07, 6.45) is 0.542. The molecule has 0 saturated heterocycles. The summed E-state index contributed by atoms with van der Waals surface area (Å²) < 4.78 is 6.90. The van der Waals surface area contributed by atoms with Crippen molar-refractivity contribution in [1.82, 2.24) is 4.98 Å². The van der Waals surface area contributed by atoms with E-state index in [-0.39, 0.29) is 6.61 Å². The van der Waals surface area contributed by atoms with Crippen molar-refractivity contribution in [2.24, 2.45) is 0 Å². The van der Waals surface area contributed by atoms with E-state index in [1.54, 1.807) is 11.3 Å². The summed E-state index contributed by atoms with van der Waals surface area (Å²) in [6.45, 7) is 1.98. The normalized spacial score (nSPS) is 11.2. The van der Waals surface area contributed by atoms with E-state index in [4.69, 9.17) is 9.52 Å². The van der Waals surface area contributed by atoms with Crippen molar-refractivity contribution in [2.75, 3.05) is 6.61 Å². The zero-order valence-corrected chi connectivity index (χ0v) is 10.8. The fourth-order valence-corrected chi connectivity index (χ4v) is 2.95. The van der Waals surface area contributed by atoms with Crippen LogP contribution in [0.5, 0.6) is 0 Å². The largest absolute Gasteiger partial charge is 0.440 e. The number of aromatic nitrogens is 1. The van der Waals surface area contributed by atoms with E-state index in [0.29, 0.717) is 12.3 Å². The molecule has 1 aromatic carbocycles. The van der Waals surface area contributed by atoms with Crippen molar-refractivity contribution in [2.45, 2.75) is 13.3 Å². The highest BCUT2D eigenvalue weighted by Gasteiger charge is 2.13. The average molecular weight is 259 g/mol. The minimum absolute atomic E-state index is 0.0965. The SMILES string of the molecule is Cc1oc(-c2cc3ccccc3s2)nc1CCO. The summed E-state index contributed by atoms with van der Waals surface area (Å²) in [5.41, 5.74) is 0.838. The monoisotopic (exact) mass is 259 g/mol. The Labute approximate surface area is 109 Å². The second kappa shape index (κ2) is 4.55. The first-order chi connectivity index (χ1) is 8.78. The first kappa shape index (κ1) is 11.4. The van der Waals surface area contributed by atoms with Crippen LogP contribution in [0, 0.1) is 6.92 Å². The summed E-state index contributed by atoms with van der Waals surface area (Å²) >= 11 is 1.67. The van der Waals surface area contributed by atoms with Gasteiger partial charge < -0.3 is 9.52 Å². The topological polar surface area (TPSA) is 46.3 Å². The minimum Gasteiger partial charge on any atom is -0.440 e. The van der Waals surface area contributed by atoms with Crippen molar-refractivity contribution in [3.8, 4) is 10.8 Å². The quantitative estimate of drug-likeness (QED) is 0.784. The number of thiophene rings is 1. The maximum atomic E-state index is 8.96. The molecule has 0 aliphatic heterocycles. The first-order valence-electron chi connectivity index (χ1n) is 5.84. The highest BCUT2D eigenvalue weighted by Crippen LogP contribution is 2.33. The number of nitrogens with zero attached hydrogens (tertiary/aromatic N) is 1. The van der Waals surface area contributed by atoms with Gasteiger partial charge in [-0.3, -0.25) is 0 Å². The average Bonchev–Trinajstić information content (AvgIpc) is 2.94. The van der Waals surface area contributed by atoms with E-state index in [1.165, 1.54) is 10.1 Å². The van der Waals surface area contributed by atoms with Gasteiger partial charge in [-0.05, 0) is 24.4 Å². The number of aryl methyl sites for hydroxylation is 1. The van der Waals surface area contributed by atoms with Gasteiger partial charge in [0.05, 0.1) is 10.6 Å². The summed E-state index contributed by atoms with van der Waals surface area (Å²) in [7, 11) is 0. The molecule has 0 fully saturated rings. The van der Waals surface area contributed by atoms with Gasteiger partial charge in [0.15, 0.2) is 0 Å². The molecule has 92 valence electrons. The Balaban J connectivity index is 2.05. The smallest absolute Gasteiger partial charge is 0.236 e. The van der Waals surface area contributed by atoms with Crippen LogP contribution in [0.15, 0.2) is 34.7 Å². The standard InChI is InChI=1S/C14H13NO2S/c1-9-11(6-7-16)15-14(17-9)13-8-10-4-2-3-5-12(10)18-13/h2-5,8,16H,6-7H2,1H3. The van der Waals surface area contributed by atoms with Gasteiger partial charge >= 0.3 is 0 Å². The summed E-state index contributed by atoms with van der Waals surface area (Å²) in [5.74, 6) is 1.44. The predicted molar refractivity (Wildman–Crippen MR) is 72.8 cm³/mol. The lowest BCUT2D eigenvalue weighted by Gasteiger charge is -1.88. The third-order valence-electron chi connectivity index (χ3n) is 2.88. The molecule has 0 unspecified atom stereocenters. The number of benzene rings is 1. The highest BCUT2D eigenvalue weighted by molar-refractivity contribution is 7.22. The Morgan fingerprint density at radius 1 is 1.33 bits per heavy atom. The lowest BCUT2D eigenvalue weighted by atomic mass is 10.2. The number of rotatable bonds is 3. The molecule has 0 amide bonds. The molecule has 0 saturated carbocycles. The number of hydrogen-bond acceptors (Lipinski definition) is 4. The first-order valence-corrected chi connectivity index (χ1v) is 6.65. The van der Waals surface area contributed by atoms with Crippen molar-refractivity contribution >= 4 is 21.4 Å². The molecule has 3 nitrogen and oxygen atoms in total. The Morgan fingerprint density at radius 3 is 2.94 bits per heavy atom. The van der Waals surface area contributed by atoms with E-state index in [2.05, 4.69) is 23.2 Å². The van der Waals surface area contributed by atoms with Gasteiger partial charge in [-0.25, -0.2) is 4.98 Å². The van der Waals surface area contributed by atoms with Crippen molar-refractivity contribution in [3.05, 3.63) is 41.8 Å². The molecule has 0 atom stereocenters. The van der Waals surface area contributed by atoms with Crippen molar-refractivity contribution < 1.29 is 9.52 Å². The molecule has 0 radical (unpaired) electrons. The molecular formula is C14H13NO2S. The van der Waals surface area contributed by atoms with Crippen molar-refractivity contribution in [1.29, 1.82) is 0 Å². The predicted octanol–water partition coefficient (Wildman–Crippen LogP) is 3.40. The molecule has 0 spiro atoms. The van der Waals surface area contributed by atoms with Crippen molar-refractivity contribution in [3.63, 3.8) is 0 Å². The molecule has 1 N–H and O–H groups in total. The molecule has 2 aromatic heterocycles. The van der Waals surface area contributed by atoms with Gasteiger partial charge in [0, 0.05) is 17.7 Å². The molecule has 0 aliphatic rings. The number of aliphatic hydroxyl groups is 1. The van der Waals surface area contributed by atoms with E-state index < -0.39 is 0 Å². The fraction of sp³-hybridized carbons (Fsp3) is 0.214. The second-order valence-corrected chi connectivity index (χ2v) is 5.23. The Bertz CT molecular complexity index is 651. The molecule has 0 aliphatic carbocycles. The van der Waals surface area contributed by atoms with Gasteiger partial charge in [-0.1, -0.05) is 18.2 Å². The van der Waals surface area contributed by atoms with E-state index in [9.17, 15) is 0 Å². The van der Waals surface area contributed by atoms with Gasteiger partial charge in [-0.15, -0.1) is 11.3 Å². The van der Waals surface area contributed by atoms with E-state index in [1.807, 2.05) is 19.1 Å². The molecule has 3 aromatic rings. The van der Waals surface area contributed by atoms with E-state index in [0.717, 1.165) is 16.3 Å². The van der Waals surface area contributed by atoms with Gasteiger partial charge in [0.1, 0.15) is 5.76 Å². The zero-order chi connectivity index (χ0) is 12.5. The van der Waals surface area contributed by atoms with Crippen LogP contribution in [-0.2, 0) is 6.42 Å². The summed E-state index contributed by atoms with van der Waals surface area (Å²) in [6, 6.07) is 10.3. The number of fused-ring (bicyclic) bond motifs is 1. The Hall–Kier alpha value is -1.65. The zero-order valence-electron chi connectivity index (χ0n) is 10.0. The van der Waals surface area contributed by atoms with Crippen LogP contribution in [0.2, 0.25) is 0 Å². The maximum absolute atomic E-state index is 8.96. The molecular weight excluding hydrogens is 246 g/mol. The van der Waals surface area contributed by atoms with Crippen LogP contribution in [0.3, 0.4) is 0 Å². The summed E-state index contributed by atoms with van der Waals surface area (Å²) in [4.78, 5) is 5.48. The molecule has 18 heavy (non-hydrogen) atoms. The molecule has 0 bridgehead atoms. The lowest BCUT2D eigenvalue weighted by molar-refractivity contribution is 0.297.